The molecule has 1 amide bonds. The predicted molar refractivity (Wildman–Crippen MR) is 139 cm³/mol. The standard InChI is InChI=1S/C25H28N4O2S2/c1-4-13-28-22(27-12-11-18-9-7-6-8-10-18)19(17(3)20(16-26)23(28)30)15-21-24(31)29(14-5-2)25(32)33-21/h6-10,15,27H,4-5,11-14H2,1-3H3/b21-15+. The molecular formula is C25H28N4O2S2. The third-order valence-electron chi connectivity index (χ3n) is 5.47. The van der Waals surface area contributed by atoms with E-state index in [1.54, 1.807) is 22.5 Å². The molecule has 1 fully saturated rings. The van der Waals surface area contributed by atoms with Gasteiger partial charge in [0.2, 0.25) is 0 Å². The topological polar surface area (TPSA) is 78.1 Å². The van der Waals surface area contributed by atoms with E-state index in [0.29, 0.717) is 45.8 Å². The maximum atomic E-state index is 13.1. The summed E-state index contributed by atoms with van der Waals surface area (Å²) in [5, 5.41) is 13.1. The van der Waals surface area contributed by atoms with Gasteiger partial charge in [-0.1, -0.05) is 68.2 Å². The Kier molecular flexibility index (Phi) is 8.48. The number of aromatic nitrogens is 1. The zero-order valence-electron chi connectivity index (χ0n) is 19.2. The molecule has 3 rings (SSSR count). The molecule has 2 heterocycles. The fourth-order valence-corrected chi connectivity index (χ4v) is 5.10. The first kappa shape index (κ1) is 24.7. The van der Waals surface area contributed by atoms with Crippen LogP contribution < -0.4 is 10.9 Å². The van der Waals surface area contributed by atoms with Crippen LogP contribution in [0.3, 0.4) is 0 Å². The summed E-state index contributed by atoms with van der Waals surface area (Å²) in [5.41, 5.74) is 2.23. The molecule has 1 aromatic carbocycles. The van der Waals surface area contributed by atoms with Crippen LogP contribution >= 0.6 is 24.0 Å². The van der Waals surface area contributed by atoms with Crippen LogP contribution in [0.1, 0.15) is 48.9 Å². The number of rotatable bonds is 9. The minimum absolute atomic E-state index is 0.104. The quantitative estimate of drug-likeness (QED) is 0.414. The Morgan fingerprint density at radius 1 is 1.15 bits per heavy atom. The Hall–Kier alpha value is -2.89. The van der Waals surface area contributed by atoms with E-state index in [0.717, 1.165) is 19.3 Å². The third-order valence-corrected chi connectivity index (χ3v) is 6.85. The van der Waals surface area contributed by atoms with Gasteiger partial charge >= 0.3 is 0 Å². The summed E-state index contributed by atoms with van der Waals surface area (Å²) >= 11 is 6.67. The number of pyridine rings is 1. The number of nitrogens with one attached hydrogen (secondary N) is 1. The highest BCUT2D eigenvalue weighted by molar-refractivity contribution is 8.26. The number of amides is 1. The number of thioether (sulfide) groups is 1. The molecule has 0 saturated carbocycles. The minimum Gasteiger partial charge on any atom is -0.371 e. The maximum absolute atomic E-state index is 13.1. The van der Waals surface area contributed by atoms with E-state index in [4.69, 9.17) is 12.2 Å². The average Bonchev–Trinajstić information content (AvgIpc) is 3.07. The molecule has 0 unspecified atom stereocenters. The molecule has 0 bridgehead atoms. The highest BCUT2D eigenvalue weighted by atomic mass is 32.2. The van der Waals surface area contributed by atoms with E-state index in [-0.39, 0.29) is 17.0 Å². The number of carbonyl (C=O) groups excluding carboxylic acids is 1. The van der Waals surface area contributed by atoms with Gasteiger partial charge in [0.1, 0.15) is 21.8 Å². The van der Waals surface area contributed by atoms with Gasteiger partial charge in [0.15, 0.2) is 0 Å². The molecule has 1 aliphatic rings. The van der Waals surface area contributed by atoms with E-state index in [2.05, 4.69) is 23.5 Å². The first-order chi connectivity index (χ1) is 15.9. The fraction of sp³-hybridized carbons (Fsp3) is 0.360. The van der Waals surface area contributed by atoms with Crippen molar-refractivity contribution < 1.29 is 4.79 Å². The van der Waals surface area contributed by atoms with Crippen molar-refractivity contribution in [3.05, 3.63) is 67.8 Å². The van der Waals surface area contributed by atoms with Crippen molar-refractivity contribution in [2.24, 2.45) is 0 Å². The lowest BCUT2D eigenvalue weighted by molar-refractivity contribution is -0.122. The maximum Gasteiger partial charge on any atom is 0.270 e. The highest BCUT2D eigenvalue weighted by Crippen LogP contribution is 2.35. The molecule has 6 nitrogen and oxygen atoms in total. The molecule has 0 atom stereocenters. The van der Waals surface area contributed by atoms with Crippen LogP contribution in [0.4, 0.5) is 5.82 Å². The first-order valence-electron chi connectivity index (χ1n) is 11.1. The average molecular weight is 481 g/mol. The summed E-state index contributed by atoms with van der Waals surface area (Å²) in [6.45, 7) is 7.40. The van der Waals surface area contributed by atoms with Crippen molar-refractivity contribution in [3.8, 4) is 6.07 Å². The molecule has 1 N–H and O–H groups in total. The lowest BCUT2D eigenvalue weighted by Gasteiger charge is -2.20. The number of anilines is 1. The molecule has 0 radical (unpaired) electrons. The number of hydrogen-bond acceptors (Lipinski definition) is 6. The number of benzene rings is 1. The lowest BCUT2D eigenvalue weighted by atomic mass is 10.0. The van der Waals surface area contributed by atoms with Crippen LogP contribution in [0.15, 0.2) is 40.0 Å². The summed E-state index contributed by atoms with van der Waals surface area (Å²) in [4.78, 5) is 28.2. The number of carbonyl (C=O) groups is 1. The van der Waals surface area contributed by atoms with E-state index < -0.39 is 0 Å². The van der Waals surface area contributed by atoms with Crippen molar-refractivity contribution >= 4 is 46.1 Å². The lowest BCUT2D eigenvalue weighted by Crippen LogP contribution is -2.29. The molecule has 172 valence electrons. The van der Waals surface area contributed by atoms with Crippen LogP contribution in [0, 0.1) is 18.3 Å². The Labute approximate surface area is 204 Å². The zero-order chi connectivity index (χ0) is 24.0. The van der Waals surface area contributed by atoms with Gasteiger partial charge in [-0.3, -0.25) is 19.1 Å². The molecule has 1 aliphatic heterocycles. The molecule has 0 spiro atoms. The number of thiocarbonyl (C=S) groups is 1. The van der Waals surface area contributed by atoms with E-state index >= 15 is 0 Å². The van der Waals surface area contributed by atoms with Crippen LogP contribution in [-0.2, 0) is 17.8 Å². The van der Waals surface area contributed by atoms with Gasteiger partial charge in [-0.25, -0.2) is 0 Å². The smallest absolute Gasteiger partial charge is 0.270 e. The number of nitrogens with zero attached hydrogens (tertiary/aromatic N) is 3. The summed E-state index contributed by atoms with van der Waals surface area (Å²) < 4.78 is 2.15. The van der Waals surface area contributed by atoms with Gasteiger partial charge in [-0.2, -0.15) is 5.26 Å². The SMILES string of the molecule is CCCN1C(=O)/C(=C\c2c(C)c(C#N)c(=O)n(CCC)c2NCCc2ccccc2)SC1=S. The van der Waals surface area contributed by atoms with Crippen molar-refractivity contribution in [2.45, 2.75) is 46.6 Å². The first-order valence-corrected chi connectivity index (χ1v) is 12.4. The number of hydrogen-bond donors (Lipinski definition) is 1. The third kappa shape index (κ3) is 5.37. The second-order valence-corrected chi connectivity index (χ2v) is 9.50. The van der Waals surface area contributed by atoms with Gasteiger partial charge in [0.25, 0.3) is 11.5 Å². The largest absolute Gasteiger partial charge is 0.371 e. The van der Waals surface area contributed by atoms with Gasteiger partial charge in [0.05, 0.1) is 4.91 Å². The molecule has 0 aliphatic carbocycles. The Morgan fingerprint density at radius 2 is 1.85 bits per heavy atom. The second-order valence-electron chi connectivity index (χ2n) is 7.83. The summed E-state index contributed by atoms with van der Waals surface area (Å²) in [6.07, 6.45) is 4.10. The van der Waals surface area contributed by atoms with Crippen molar-refractivity contribution in [2.75, 3.05) is 18.4 Å². The van der Waals surface area contributed by atoms with E-state index in [1.807, 2.05) is 32.0 Å². The summed E-state index contributed by atoms with van der Waals surface area (Å²) in [6, 6.07) is 12.2. The van der Waals surface area contributed by atoms with Crippen LogP contribution in [-0.4, -0.2) is 32.8 Å². The molecule has 1 saturated heterocycles. The molecule has 1 aromatic heterocycles. The molecule has 8 heteroatoms. The van der Waals surface area contributed by atoms with Gasteiger partial charge in [-0.05, 0) is 43.4 Å². The summed E-state index contributed by atoms with van der Waals surface area (Å²) in [5.74, 6) is 0.503. The summed E-state index contributed by atoms with van der Waals surface area (Å²) in [7, 11) is 0. The van der Waals surface area contributed by atoms with Crippen LogP contribution in [0.5, 0.6) is 0 Å². The van der Waals surface area contributed by atoms with Crippen LogP contribution in [0.25, 0.3) is 6.08 Å². The van der Waals surface area contributed by atoms with Crippen LogP contribution in [0.2, 0.25) is 0 Å². The zero-order valence-corrected chi connectivity index (χ0v) is 20.8. The van der Waals surface area contributed by atoms with Crippen molar-refractivity contribution in [3.63, 3.8) is 0 Å². The molecule has 33 heavy (non-hydrogen) atoms. The highest BCUT2D eigenvalue weighted by Gasteiger charge is 2.32. The van der Waals surface area contributed by atoms with Gasteiger partial charge in [0, 0.05) is 25.2 Å². The van der Waals surface area contributed by atoms with E-state index in [1.165, 1.54) is 17.3 Å². The van der Waals surface area contributed by atoms with Crippen molar-refractivity contribution in [1.29, 1.82) is 5.26 Å². The monoisotopic (exact) mass is 480 g/mol. The Bertz CT molecular complexity index is 1180. The van der Waals surface area contributed by atoms with Gasteiger partial charge in [-0.15, -0.1) is 0 Å². The second kappa shape index (κ2) is 11.3. The Balaban J connectivity index is 2.08. The predicted octanol–water partition coefficient (Wildman–Crippen LogP) is 4.70. The molecule has 2 aromatic rings. The number of nitriles is 1. The van der Waals surface area contributed by atoms with E-state index in [9.17, 15) is 14.9 Å². The minimum atomic E-state index is -0.310. The van der Waals surface area contributed by atoms with Gasteiger partial charge < -0.3 is 5.32 Å². The molecular weight excluding hydrogens is 452 g/mol. The van der Waals surface area contributed by atoms with Crippen molar-refractivity contribution in [1.82, 2.24) is 9.47 Å². The normalized spacial score (nSPS) is 14.7. The Morgan fingerprint density at radius 3 is 2.48 bits per heavy atom. The fourth-order valence-electron chi connectivity index (χ4n) is 3.81.